The molecule has 0 saturated carbocycles. The molecule has 1 unspecified atom stereocenters. The maximum atomic E-state index is 15.1. The summed E-state index contributed by atoms with van der Waals surface area (Å²) in [5.74, 6) is -0.775. The van der Waals surface area contributed by atoms with Gasteiger partial charge in [0.15, 0.2) is 5.54 Å². The Hall–Kier alpha value is -4.35. The summed E-state index contributed by atoms with van der Waals surface area (Å²) in [5.41, 5.74) is -1.42. The fourth-order valence-electron chi connectivity index (χ4n) is 4.34. The summed E-state index contributed by atoms with van der Waals surface area (Å²) in [6, 6.07) is 30.1. The van der Waals surface area contributed by atoms with E-state index in [9.17, 15) is 14.7 Å². The first-order chi connectivity index (χ1) is 18.3. The first-order valence-corrected chi connectivity index (χ1v) is 13.8. The fourth-order valence-corrected chi connectivity index (χ4v) is 7.33. The number of ether oxygens (including phenoxy) is 2. The second kappa shape index (κ2) is 11.4. The van der Waals surface area contributed by atoms with Crippen molar-refractivity contribution in [3.05, 3.63) is 120 Å². The van der Waals surface area contributed by atoms with Crippen LogP contribution in [0.15, 0.2) is 109 Å². The van der Waals surface area contributed by atoms with Crippen molar-refractivity contribution in [1.29, 1.82) is 0 Å². The van der Waals surface area contributed by atoms with E-state index in [1.165, 1.54) is 14.2 Å². The minimum Gasteiger partial charge on any atom is -0.497 e. The van der Waals surface area contributed by atoms with Crippen LogP contribution in [0.2, 0.25) is 0 Å². The molecule has 2 N–H and O–H groups in total. The molecule has 0 heterocycles. The van der Waals surface area contributed by atoms with Gasteiger partial charge in [0.25, 0.3) is 5.91 Å². The molecule has 0 spiro atoms. The number of rotatable bonds is 10. The van der Waals surface area contributed by atoms with Gasteiger partial charge in [-0.05, 0) is 66.2 Å². The molecule has 8 heteroatoms. The molecule has 0 aliphatic heterocycles. The average Bonchev–Trinajstić information content (AvgIpc) is 2.97. The lowest BCUT2D eigenvalue weighted by molar-refractivity contribution is -0.144. The Labute approximate surface area is 221 Å². The summed E-state index contributed by atoms with van der Waals surface area (Å²) in [4.78, 5) is 26.5. The van der Waals surface area contributed by atoms with E-state index in [-0.39, 0.29) is 5.56 Å². The molecule has 0 saturated heterocycles. The summed E-state index contributed by atoms with van der Waals surface area (Å²) in [6.45, 7) is 0. The molecule has 0 fully saturated rings. The lowest BCUT2D eigenvalue weighted by Crippen LogP contribution is -2.55. The van der Waals surface area contributed by atoms with Crippen molar-refractivity contribution in [2.24, 2.45) is 0 Å². The minimum atomic E-state index is -3.68. The van der Waals surface area contributed by atoms with Crippen LogP contribution in [0.5, 0.6) is 11.5 Å². The van der Waals surface area contributed by atoms with E-state index in [4.69, 9.17) is 9.47 Å². The smallest absolute Gasteiger partial charge is 0.334 e. The fraction of sp³-hybridized carbons (Fsp3) is 0.133. The van der Waals surface area contributed by atoms with E-state index in [2.05, 4.69) is 5.32 Å². The van der Waals surface area contributed by atoms with E-state index in [0.29, 0.717) is 27.7 Å². The number of carbonyl (C=O) groups excluding carboxylic acids is 1. The molecular weight excluding hydrogens is 501 g/mol. The van der Waals surface area contributed by atoms with Crippen LogP contribution in [0, 0.1) is 0 Å². The number of hydrogen-bond donors (Lipinski definition) is 2. The second-order valence-electron chi connectivity index (χ2n) is 8.69. The Bertz CT molecular complexity index is 1390. The zero-order valence-electron chi connectivity index (χ0n) is 21.0. The molecule has 7 nitrogen and oxygen atoms in total. The molecule has 4 rings (SSSR count). The Balaban J connectivity index is 1.92. The van der Waals surface area contributed by atoms with Gasteiger partial charge in [-0.3, -0.25) is 4.79 Å². The van der Waals surface area contributed by atoms with Crippen LogP contribution in [-0.4, -0.2) is 37.4 Å². The van der Waals surface area contributed by atoms with Crippen LogP contribution in [0.4, 0.5) is 0 Å². The molecular formula is C30H28NO6P. The molecule has 1 atom stereocenters. The largest absolute Gasteiger partial charge is 0.497 e. The van der Waals surface area contributed by atoms with Crippen molar-refractivity contribution in [2.75, 3.05) is 20.4 Å². The van der Waals surface area contributed by atoms with Gasteiger partial charge in [-0.2, -0.15) is 0 Å². The summed E-state index contributed by atoms with van der Waals surface area (Å²) >= 11 is 0. The molecule has 1 amide bonds. The number of benzene rings is 4. The van der Waals surface area contributed by atoms with Gasteiger partial charge in [0.2, 0.25) is 0 Å². The first-order valence-electron chi connectivity index (χ1n) is 11.9. The van der Waals surface area contributed by atoms with E-state index in [0.717, 1.165) is 0 Å². The summed E-state index contributed by atoms with van der Waals surface area (Å²) < 4.78 is 25.7. The van der Waals surface area contributed by atoms with Gasteiger partial charge < -0.3 is 24.5 Å². The Morgan fingerprint density at radius 1 is 0.737 bits per heavy atom. The van der Waals surface area contributed by atoms with E-state index in [1.807, 2.05) is 0 Å². The molecule has 194 valence electrons. The van der Waals surface area contributed by atoms with E-state index >= 15 is 4.57 Å². The van der Waals surface area contributed by atoms with Crippen molar-refractivity contribution in [2.45, 2.75) is 5.54 Å². The standard InChI is InChI=1S/C30H28NO6P/c1-36-24-13-17-26(18-14-24)38(35,27-19-15-25(37-2)16-20-27)21-30(29(33)34,23-11-7-4-8-12-23)31-28(32)22-9-5-3-6-10-22/h3-20H,21H2,1-2H3,(H,31,32)(H,33,34). The predicted molar refractivity (Wildman–Crippen MR) is 147 cm³/mol. The molecule has 0 aromatic heterocycles. The lowest BCUT2D eigenvalue weighted by Gasteiger charge is -2.35. The molecule has 4 aromatic carbocycles. The molecule has 0 aliphatic carbocycles. The number of methoxy groups -OCH3 is 2. The number of nitrogens with one attached hydrogen (secondary N) is 1. The van der Waals surface area contributed by atoms with Crippen LogP contribution in [-0.2, 0) is 14.9 Å². The average molecular weight is 530 g/mol. The first kappa shape index (κ1) is 26.7. The number of carboxylic acids is 1. The van der Waals surface area contributed by atoms with Crippen molar-refractivity contribution >= 4 is 29.6 Å². The van der Waals surface area contributed by atoms with Crippen LogP contribution in [0.1, 0.15) is 15.9 Å². The zero-order chi connectivity index (χ0) is 27.2. The zero-order valence-corrected chi connectivity index (χ0v) is 21.9. The van der Waals surface area contributed by atoms with Gasteiger partial charge in [0.1, 0.15) is 18.6 Å². The van der Waals surface area contributed by atoms with Gasteiger partial charge in [0, 0.05) is 22.3 Å². The molecule has 38 heavy (non-hydrogen) atoms. The number of carbonyl (C=O) groups is 2. The van der Waals surface area contributed by atoms with Crippen LogP contribution in [0.3, 0.4) is 0 Å². The summed E-state index contributed by atoms with van der Waals surface area (Å²) in [7, 11) is -0.620. The number of amides is 1. The highest BCUT2D eigenvalue weighted by molar-refractivity contribution is 7.78. The predicted octanol–water partition coefficient (Wildman–Crippen LogP) is 4.43. The van der Waals surface area contributed by atoms with Gasteiger partial charge in [-0.1, -0.05) is 48.5 Å². The maximum Gasteiger partial charge on any atom is 0.334 e. The quantitative estimate of drug-likeness (QED) is 0.295. The summed E-state index contributed by atoms with van der Waals surface area (Å²) in [5, 5.41) is 14.3. The van der Waals surface area contributed by atoms with Crippen molar-refractivity contribution in [3.63, 3.8) is 0 Å². The highest BCUT2D eigenvalue weighted by Crippen LogP contribution is 2.49. The second-order valence-corrected chi connectivity index (χ2v) is 11.5. The third-order valence-electron chi connectivity index (χ3n) is 6.43. The minimum absolute atomic E-state index is 0.290. The molecule has 0 bridgehead atoms. The monoisotopic (exact) mass is 529 g/mol. The highest BCUT2D eigenvalue weighted by atomic mass is 31.2. The SMILES string of the molecule is COc1ccc(P(=O)(CC(NC(=O)c2ccccc2)(C(=O)O)c2ccccc2)c2ccc(OC)cc2)cc1. The number of carboxylic acid groups (broad SMARTS) is 1. The van der Waals surface area contributed by atoms with Crippen molar-refractivity contribution in [3.8, 4) is 11.5 Å². The van der Waals surface area contributed by atoms with Gasteiger partial charge in [-0.25, -0.2) is 4.79 Å². The maximum absolute atomic E-state index is 15.1. The van der Waals surface area contributed by atoms with Gasteiger partial charge in [-0.15, -0.1) is 0 Å². The van der Waals surface area contributed by atoms with E-state index < -0.39 is 30.7 Å². The lowest BCUT2D eigenvalue weighted by atomic mass is 9.91. The van der Waals surface area contributed by atoms with Crippen LogP contribution >= 0.6 is 7.14 Å². The third-order valence-corrected chi connectivity index (χ3v) is 9.62. The number of aliphatic carboxylic acids is 1. The molecule has 0 radical (unpaired) electrons. The van der Waals surface area contributed by atoms with Gasteiger partial charge in [0.05, 0.1) is 14.2 Å². The Morgan fingerprint density at radius 3 is 1.61 bits per heavy atom. The van der Waals surface area contributed by atoms with Crippen LogP contribution in [0.25, 0.3) is 0 Å². The van der Waals surface area contributed by atoms with Gasteiger partial charge >= 0.3 is 5.97 Å². The van der Waals surface area contributed by atoms with Crippen molar-refractivity contribution < 1.29 is 28.7 Å². The topological polar surface area (TPSA) is 102 Å². The Morgan fingerprint density at radius 2 is 1.18 bits per heavy atom. The van der Waals surface area contributed by atoms with E-state index in [1.54, 1.807) is 109 Å². The molecule has 0 aliphatic rings. The van der Waals surface area contributed by atoms with Crippen molar-refractivity contribution in [1.82, 2.24) is 5.32 Å². The Kier molecular flexibility index (Phi) is 7.99. The third kappa shape index (κ3) is 5.34. The summed E-state index contributed by atoms with van der Waals surface area (Å²) in [6.07, 6.45) is -0.406. The number of hydrogen-bond acceptors (Lipinski definition) is 5. The molecule has 4 aromatic rings. The highest BCUT2D eigenvalue weighted by Gasteiger charge is 2.48. The normalized spacial score (nSPS) is 12.7. The van der Waals surface area contributed by atoms with Crippen LogP contribution < -0.4 is 25.4 Å².